The van der Waals surface area contributed by atoms with E-state index >= 15 is 0 Å². The molecule has 0 spiro atoms. The molecule has 1 aromatic carbocycles. The topological polar surface area (TPSA) is 78.3 Å². The van der Waals surface area contributed by atoms with Crippen molar-refractivity contribution < 1.29 is 35.9 Å². The Morgan fingerprint density at radius 2 is 1.60 bits per heavy atom. The standard InChI is InChI=1S/C10H8F6N2O2/c11-9(12,13)8(10(14,15)16)20-6-4(7(18)19)2-1-3-5(6)17/h1-3,8H,17H2,(H2,18,19). The zero-order chi connectivity index (χ0) is 15.7. The monoisotopic (exact) mass is 302 g/mol. The molecule has 0 unspecified atom stereocenters. The molecule has 1 aromatic rings. The van der Waals surface area contributed by atoms with E-state index in [0.717, 1.165) is 18.2 Å². The molecule has 112 valence electrons. The van der Waals surface area contributed by atoms with Crippen LogP contribution in [0.4, 0.5) is 32.0 Å². The van der Waals surface area contributed by atoms with E-state index in [-0.39, 0.29) is 0 Å². The molecule has 4 nitrogen and oxygen atoms in total. The van der Waals surface area contributed by atoms with Crippen molar-refractivity contribution in [1.82, 2.24) is 0 Å². The molecule has 0 aromatic heterocycles. The molecule has 0 heterocycles. The number of rotatable bonds is 3. The fourth-order valence-corrected chi connectivity index (χ4v) is 1.32. The summed E-state index contributed by atoms with van der Waals surface area (Å²) in [7, 11) is 0. The number of primary amides is 1. The van der Waals surface area contributed by atoms with Gasteiger partial charge < -0.3 is 16.2 Å². The summed E-state index contributed by atoms with van der Waals surface area (Å²) in [5.74, 6) is -2.32. The molecule has 0 saturated carbocycles. The van der Waals surface area contributed by atoms with Gasteiger partial charge in [-0.05, 0) is 12.1 Å². The third-order valence-corrected chi connectivity index (χ3v) is 2.14. The van der Waals surface area contributed by atoms with E-state index in [0.29, 0.717) is 0 Å². The van der Waals surface area contributed by atoms with E-state index in [1.807, 2.05) is 0 Å². The summed E-state index contributed by atoms with van der Waals surface area (Å²) in [6.07, 6.45) is -15.6. The van der Waals surface area contributed by atoms with Gasteiger partial charge in [-0.15, -0.1) is 0 Å². The van der Waals surface area contributed by atoms with Gasteiger partial charge in [0, 0.05) is 0 Å². The number of nitrogens with two attached hydrogens (primary N) is 2. The van der Waals surface area contributed by atoms with Crippen LogP contribution in [0.2, 0.25) is 0 Å². The minimum atomic E-state index is -5.73. The zero-order valence-electron chi connectivity index (χ0n) is 9.55. The maximum Gasteiger partial charge on any atom is 0.434 e. The predicted octanol–water partition coefficient (Wildman–Crippen LogP) is 2.24. The Labute approximate surface area is 108 Å². The second kappa shape index (κ2) is 5.10. The highest BCUT2D eigenvalue weighted by molar-refractivity contribution is 5.97. The third kappa shape index (κ3) is 3.45. The minimum Gasteiger partial charge on any atom is -0.468 e. The lowest BCUT2D eigenvalue weighted by molar-refractivity contribution is -0.299. The van der Waals surface area contributed by atoms with Crippen molar-refractivity contribution in [3.8, 4) is 5.75 Å². The van der Waals surface area contributed by atoms with Crippen LogP contribution in [0.3, 0.4) is 0 Å². The Kier molecular flexibility index (Phi) is 4.06. The van der Waals surface area contributed by atoms with Crippen molar-refractivity contribution in [2.24, 2.45) is 5.73 Å². The number of hydrogen-bond donors (Lipinski definition) is 2. The molecule has 0 aliphatic heterocycles. The summed E-state index contributed by atoms with van der Waals surface area (Å²) in [5, 5.41) is 0. The molecule has 0 atom stereocenters. The van der Waals surface area contributed by atoms with Gasteiger partial charge in [0.2, 0.25) is 0 Å². The number of hydrogen-bond acceptors (Lipinski definition) is 3. The van der Waals surface area contributed by atoms with Crippen molar-refractivity contribution in [3.63, 3.8) is 0 Å². The van der Waals surface area contributed by atoms with Gasteiger partial charge in [-0.2, -0.15) is 26.3 Å². The number of halogens is 6. The molecule has 0 radical (unpaired) electrons. The van der Waals surface area contributed by atoms with Gasteiger partial charge in [-0.1, -0.05) is 6.07 Å². The second-order valence-corrected chi connectivity index (χ2v) is 3.67. The van der Waals surface area contributed by atoms with Gasteiger partial charge in [0.15, 0.2) is 5.75 Å². The van der Waals surface area contributed by atoms with Crippen LogP contribution in [0.1, 0.15) is 10.4 Å². The van der Waals surface area contributed by atoms with Crippen molar-refractivity contribution in [2.75, 3.05) is 5.73 Å². The number of benzene rings is 1. The first-order valence-electron chi connectivity index (χ1n) is 4.93. The van der Waals surface area contributed by atoms with Crippen LogP contribution in [-0.4, -0.2) is 24.4 Å². The SMILES string of the molecule is NC(=O)c1cccc(N)c1OC(C(F)(F)F)C(F)(F)F. The second-order valence-electron chi connectivity index (χ2n) is 3.67. The maximum absolute atomic E-state index is 12.4. The first-order chi connectivity index (χ1) is 8.94. The van der Waals surface area contributed by atoms with Crippen LogP contribution in [-0.2, 0) is 0 Å². The lowest BCUT2D eigenvalue weighted by Gasteiger charge is -2.25. The van der Waals surface area contributed by atoms with Crippen molar-refractivity contribution in [3.05, 3.63) is 23.8 Å². The molecule has 0 bridgehead atoms. The van der Waals surface area contributed by atoms with Crippen LogP contribution in [0.5, 0.6) is 5.75 Å². The number of carbonyl (C=O) groups is 1. The lowest BCUT2D eigenvalue weighted by Crippen LogP contribution is -2.47. The number of alkyl halides is 6. The molecule has 0 fully saturated rings. The number of amides is 1. The Balaban J connectivity index is 3.29. The summed E-state index contributed by atoms with van der Waals surface area (Å²) < 4.78 is 78.1. The summed E-state index contributed by atoms with van der Waals surface area (Å²) in [4.78, 5) is 11.0. The largest absolute Gasteiger partial charge is 0.468 e. The van der Waals surface area contributed by atoms with Gasteiger partial charge in [0.05, 0.1) is 11.3 Å². The zero-order valence-corrected chi connectivity index (χ0v) is 9.55. The molecule has 4 N–H and O–H groups in total. The molecule has 0 saturated heterocycles. The van der Waals surface area contributed by atoms with Crippen molar-refractivity contribution in [2.45, 2.75) is 18.5 Å². The Morgan fingerprint density at radius 3 is 2.00 bits per heavy atom. The minimum absolute atomic E-state index is 0.570. The Hall–Kier alpha value is -2.13. The lowest BCUT2D eigenvalue weighted by atomic mass is 10.1. The summed E-state index contributed by atoms with van der Waals surface area (Å²) in [6.45, 7) is 0. The Morgan fingerprint density at radius 1 is 1.10 bits per heavy atom. The average Bonchev–Trinajstić information content (AvgIpc) is 2.23. The summed E-state index contributed by atoms with van der Waals surface area (Å²) >= 11 is 0. The van der Waals surface area contributed by atoms with Gasteiger partial charge in [0.25, 0.3) is 12.0 Å². The average molecular weight is 302 g/mol. The molecular formula is C10H8F6N2O2. The van der Waals surface area contributed by atoms with Gasteiger partial charge in [0.1, 0.15) is 0 Å². The first-order valence-corrected chi connectivity index (χ1v) is 4.93. The van der Waals surface area contributed by atoms with Gasteiger partial charge in [-0.25, -0.2) is 0 Å². The number of carbonyl (C=O) groups excluding carboxylic acids is 1. The molecule has 10 heteroatoms. The first kappa shape index (κ1) is 15.9. The fourth-order valence-electron chi connectivity index (χ4n) is 1.32. The molecule has 0 aliphatic rings. The van der Waals surface area contributed by atoms with E-state index < -0.39 is 41.4 Å². The summed E-state index contributed by atoms with van der Waals surface area (Å²) in [6, 6.07) is 3.02. The third-order valence-electron chi connectivity index (χ3n) is 2.14. The highest BCUT2D eigenvalue weighted by atomic mass is 19.4. The van der Waals surface area contributed by atoms with E-state index in [1.165, 1.54) is 0 Å². The Bertz CT molecular complexity index is 497. The molecular weight excluding hydrogens is 294 g/mol. The van der Waals surface area contributed by atoms with E-state index in [1.54, 1.807) is 0 Å². The highest BCUT2D eigenvalue weighted by Gasteiger charge is 2.59. The highest BCUT2D eigenvalue weighted by Crippen LogP contribution is 2.38. The number of anilines is 1. The number of para-hydroxylation sites is 1. The van der Waals surface area contributed by atoms with Crippen molar-refractivity contribution in [1.29, 1.82) is 0 Å². The van der Waals surface area contributed by atoms with Crippen LogP contribution < -0.4 is 16.2 Å². The fraction of sp³-hybridized carbons (Fsp3) is 0.300. The maximum atomic E-state index is 12.4. The van der Waals surface area contributed by atoms with Crippen LogP contribution in [0.15, 0.2) is 18.2 Å². The van der Waals surface area contributed by atoms with E-state index in [9.17, 15) is 31.1 Å². The molecule has 20 heavy (non-hydrogen) atoms. The number of nitrogen functional groups attached to an aromatic ring is 1. The normalized spacial score (nSPS) is 12.6. The van der Waals surface area contributed by atoms with Gasteiger partial charge >= 0.3 is 12.4 Å². The molecule has 1 amide bonds. The van der Waals surface area contributed by atoms with Gasteiger partial charge in [-0.3, -0.25) is 4.79 Å². The van der Waals surface area contributed by atoms with E-state index in [2.05, 4.69) is 4.74 Å². The molecule has 0 aliphatic carbocycles. The van der Waals surface area contributed by atoms with E-state index in [4.69, 9.17) is 11.5 Å². The predicted molar refractivity (Wildman–Crippen MR) is 55.9 cm³/mol. The van der Waals surface area contributed by atoms with Crippen molar-refractivity contribution >= 4 is 11.6 Å². The summed E-state index contributed by atoms with van der Waals surface area (Å²) in [5.41, 5.74) is 8.82. The van der Waals surface area contributed by atoms with Crippen LogP contribution in [0.25, 0.3) is 0 Å². The number of ether oxygens (including phenoxy) is 1. The smallest absolute Gasteiger partial charge is 0.434 e. The quantitative estimate of drug-likeness (QED) is 0.664. The van der Waals surface area contributed by atoms with Crippen LogP contribution in [0, 0.1) is 0 Å². The van der Waals surface area contributed by atoms with Crippen LogP contribution >= 0.6 is 0 Å². The molecule has 1 rings (SSSR count).